The zero-order valence-electron chi connectivity index (χ0n) is 14.6. The molecule has 0 bridgehead atoms. The molecule has 1 fully saturated rings. The molecule has 1 aliphatic rings. The zero-order valence-corrected chi connectivity index (χ0v) is 14.6. The Kier molecular flexibility index (Phi) is 5.67. The minimum absolute atomic E-state index is 0.127. The fraction of sp³-hybridized carbons (Fsp3) is 0.318. The summed E-state index contributed by atoms with van der Waals surface area (Å²) in [4.78, 5) is 11.1. The van der Waals surface area contributed by atoms with Gasteiger partial charge in [-0.15, -0.1) is 0 Å². The summed E-state index contributed by atoms with van der Waals surface area (Å²) in [5.74, 6) is -0.296. The van der Waals surface area contributed by atoms with Crippen LogP contribution in [0.1, 0.15) is 42.9 Å². The Morgan fingerprint density at radius 1 is 1.08 bits per heavy atom. The van der Waals surface area contributed by atoms with Crippen molar-refractivity contribution in [2.75, 3.05) is 7.11 Å². The predicted molar refractivity (Wildman–Crippen MR) is 98.0 cm³/mol. The summed E-state index contributed by atoms with van der Waals surface area (Å²) < 4.78 is 10.8. The number of rotatable bonds is 8. The van der Waals surface area contributed by atoms with Crippen molar-refractivity contribution < 1.29 is 14.3 Å². The van der Waals surface area contributed by atoms with Gasteiger partial charge >= 0.3 is 5.97 Å². The second-order valence-corrected chi connectivity index (χ2v) is 6.34. The summed E-state index contributed by atoms with van der Waals surface area (Å²) >= 11 is 0. The molecule has 1 aliphatic heterocycles. The molecule has 1 heterocycles. The largest absolute Gasteiger partial charge is 0.466 e. The fourth-order valence-corrected chi connectivity index (χ4v) is 3.31. The van der Waals surface area contributed by atoms with E-state index in [1.807, 2.05) is 18.2 Å². The maximum Gasteiger partial charge on any atom is 0.330 e. The van der Waals surface area contributed by atoms with Crippen LogP contribution in [0.2, 0.25) is 0 Å². The minimum Gasteiger partial charge on any atom is -0.466 e. The quantitative estimate of drug-likeness (QED) is 0.296. The number of allylic oxidation sites excluding steroid dienone is 1. The first-order chi connectivity index (χ1) is 12.3. The average molecular weight is 336 g/mol. The second kappa shape index (κ2) is 8.13. The highest BCUT2D eigenvalue weighted by Crippen LogP contribution is 2.59. The van der Waals surface area contributed by atoms with E-state index in [-0.39, 0.29) is 17.7 Å². The van der Waals surface area contributed by atoms with Gasteiger partial charge in [0.1, 0.15) is 11.7 Å². The van der Waals surface area contributed by atoms with Crippen molar-refractivity contribution in [3.8, 4) is 0 Å². The van der Waals surface area contributed by atoms with E-state index in [9.17, 15) is 4.79 Å². The van der Waals surface area contributed by atoms with Gasteiger partial charge in [-0.2, -0.15) is 0 Å². The molecular weight excluding hydrogens is 312 g/mol. The van der Waals surface area contributed by atoms with E-state index in [4.69, 9.17) is 4.74 Å². The number of epoxide rings is 1. The van der Waals surface area contributed by atoms with Crippen LogP contribution in [0.5, 0.6) is 0 Å². The topological polar surface area (TPSA) is 38.8 Å². The Morgan fingerprint density at radius 2 is 1.76 bits per heavy atom. The lowest BCUT2D eigenvalue weighted by Crippen LogP contribution is -2.10. The lowest BCUT2D eigenvalue weighted by atomic mass is 9.87. The van der Waals surface area contributed by atoms with Crippen LogP contribution in [0.15, 0.2) is 72.8 Å². The van der Waals surface area contributed by atoms with Gasteiger partial charge in [-0.3, -0.25) is 0 Å². The van der Waals surface area contributed by atoms with Crippen LogP contribution in [-0.2, 0) is 19.9 Å². The van der Waals surface area contributed by atoms with Crippen LogP contribution in [0.25, 0.3) is 0 Å². The molecule has 3 nitrogen and oxygen atoms in total. The van der Waals surface area contributed by atoms with Crippen LogP contribution >= 0.6 is 0 Å². The predicted octanol–water partition coefficient (Wildman–Crippen LogP) is 4.94. The Balaban J connectivity index is 1.62. The molecule has 0 N–H and O–H groups in total. The van der Waals surface area contributed by atoms with E-state index in [0.29, 0.717) is 0 Å². The Morgan fingerprint density at radius 3 is 2.44 bits per heavy atom. The van der Waals surface area contributed by atoms with Crippen molar-refractivity contribution >= 4 is 5.97 Å². The average Bonchev–Trinajstić information content (AvgIpc) is 3.41. The van der Waals surface area contributed by atoms with Crippen molar-refractivity contribution in [1.82, 2.24) is 0 Å². The summed E-state index contributed by atoms with van der Waals surface area (Å²) in [6, 6.07) is 20.9. The standard InChI is InChI=1S/C22H24O3/c1-24-20(23)16-10-2-3-11-17-22(19-14-8-5-9-15-19)21(25-22)18-12-6-4-7-13-18/h4-10,12-16,21H,2-3,11,17H2,1H3/b16-10+/t21-,22-/m1/s1. The van der Waals surface area contributed by atoms with Gasteiger partial charge < -0.3 is 9.47 Å². The molecule has 0 amide bonds. The molecule has 0 aromatic heterocycles. The van der Waals surface area contributed by atoms with E-state index < -0.39 is 0 Å². The Hall–Kier alpha value is -2.39. The van der Waals surface area contributed by atoms with Gasteiger partial charge in [0.2, 0.25) is 0 Å². The molecule has 0 aliphatic carbocycles. The van der Waals surface area contributed by atoms with Crippen molar-refractivity contribution in [2.45, 2.75) is 37.4 Å². The van der Waals surface area contributed by atoms with Gasteiger partial charge in [-0.25, -0.2) is 4.79 Å². The number of carbonyl (C=O) groups is 1. The van der Waals surface area contributed by atoms with Crippen LogP contribution in [0.3, 0.4) is 0 Å². The second-order valence-electron chi connectivity index (χ2n) is 6.34. The number of ether oxygens (including phenoxy) is 2. The lowest BCUT2D eigenvalue weighted by Gasteiger charge is -2.13. The van der Waals surface area contributed by atoms with Gasteiger partial charge in [0.05, 0.1) is 7.11 Å². The third-order valence-corrected chi connectivity index (χ3v) is 4.68. The molecule has 1 saturated heterocycles. The van der Waals surface area contributed by atoms with Crippen molar-refractivity contribution in [2.24, 2.45) is 0 Å². The first-order valence-electron chi connectivity index (χ1n) is 8.79. The van der Waals surface area contributed by atoms with Crippen LogP contribution in [-0.4, -0.2) is 13.1 Å². The number of carbonyl (C=O) groups excluding carboxylic acids is 1. The molecule has 25 heavy (non-hydrogen) atoms. The first kappa shape index (κ1) is 17.4. The molecule has 2 aromatic carbocycles. The highest BCUT2D eigenvalue weighted by molar-refractivity contribution is 5.81. The summed E-state index contributed by atoms with van der Waals surface area (Å²) in [5, 5.41) is 0. The number of benzene rings is 2. The Labute approximate surface area is 149 Å². The molecule has 3 heteroatoms. The monoisotopic (exact) mass is 336 g/mol. The van der Waals surface area contributed by atoms with E-state index >= 15 is 0 Å². The molecule has 0 spiro atoms. The van der Waals surface area contributed by atoms with Gasteiger partial charge in [-0.1, -0.05) is 66.7 Å². The van der Waals surface area contributed by atoms with Crippen molar-refractivity contribution in [3.63, 3.8) is 0 Å². The van der Waals surface area contributed by atoms with E-state index in [0.717, 1.165) is 25.7 Å². The minimum atomic E-state index is -0.296. The number of methoxy groups -OCH3 is 1. The summed E-state index contributed by atoms with van der Waals surface area (Å²) in [5.41, 5.74) is 2.26. The van der Waals surface area contributed by atoms with Crippen molar-refractivity contribution in [3.05, 3.63) is 83.9 Å². The number of esters is 1. The fourth-order valence-electron chi connectivity index (χ4n) is 3.31. The van der Waals surface area contributed by atoms with Crippen LogP contribution in [0, 0.1) is 0 Å². The normalized spacial score (nSPS) is 22.0. The molecule has 3 rings (SSSR count). The molecule has 0 saturated carbocycles. The van der Waals surface area contributed by atoms with Crippen LogP contribution < -0.4 is 0 Å². The number of unbranched alkanes of at least 4 members (excludes halogenated alkanes) is 2. The molecule has 2 aromatic rings. The first-order valence-corrected chi connectivity index (χ1v) is 8.79. The molecule has 2 atom stereocenters. The zero-order chi connectivity index (χ0) is 17.5. The summed E-state index contributed by atoms with van der Waals surface area (Å²) in [6.07, 6.45) is 7.41. The molecule has 0 unspecified atom stereocenters. The van der Waals surface area contributed by atoms with Crippen LogP contribution in [0.4, 0.5) is 0 Å². The molecule has 0 radical (unpaired) electrons. The van der Waals surface area contributed by atoms with Crippen molar-refractivity contribution in [1.29, 1.82) is 0 Å². The highest BCUT2D eigenvalue weighted by atomic mass is 16.6. The van der Waals surface area contributed by atoms with Gasteiger partial charge in [0.15, 0.2) is 0 Å². The summed E-state index contributed by atoms with van der Waals surface area (Å²) in [7, 11) is 1.39. The lowest BCUT2D eigenvalue weighted by molar-refractivity contribution is -0.134. The highest BCUT2D eigenvalue weighted by Gasteiger charge is 2.57. The van der Waals surface area contributed by atoms with E-state index in [2.05, 4.69) is 53.3 Å². The maximum atomic E-state index is 11.1. The third-order valence-electron chi connectivity index (χ3n) is 4.68. The van der Waals surface area contributed by atoms with E-state index in [1.54, 1.807) is 0 Å². The Bertz CT molecular complexity index is 709. The maximum absolute atomic E-state index is 11.1. The third kappa shape index (κ3) is 4.18. The van der Waals surface area contributed by atoms with E-state index in [1.165, 1.54) is 24.3 Å². The smallest absolute Gasteiger partial charge is 0.330 e. The SMILES string of the molecule is COC(=O)/C=C/CCCC[C@]1(c2ccccc2)O[C@@H]1c1ccccc1. The molecular formula is C22H24O3. The van der Waals surface area contributed by atoms with Gasteiger partial charge in [0.25, 0.3) is 0 Å². The number of hydrogen-bond donors (Lipinski definition) is 0. The molecule has 130 valence electrons. The van der Waals surface area contributed by atoms with Gasteiger partial charge in [0, 0.05) is 6.08 Å². The number of hydrogen-bond acceptors (Lipinski definition) is 3. The van der Waals surface area contributed by atoms with Gasteiger partial charge in [-0.05, 0) is 36.8 Å². The summed E-state index contributed by atoms with van der Waals surface area (Å²) in [6.45, 7) is 0.